The molecule has 0 N–H and O–H groups in total. The SMILES string of the molecule is c1ccc(-c2cccc(-c3nc(-c4ccc(-c5ccc6oc7cccc(-c8nc(-c9ccccc9)nc(-c9ccccc9)n8)c7c6c5)cc4)c4sc5ccccc5c4n3)c2)cc1. The van der Waals surface area contributed by atoms with Crippen molar-refractivity contribution in [1.29, 1.82) is 0 Å². The van der Waals surface area contributed by atoms with Crippen molar-refractivity contribution in [1.82, 2.24) is 24.9 Å². The summed E-state index contributed by atoms with van der Waals surface area (Å²) in [5.74, 6) is 2.52. The lowest BCUT2D eigenvalue weighted by Gasteiger charge is -2.10. The van der Waals surface area contributed by atoms with Gasteiger partial charge in [-0.3, -0.25) is 0 Å². The van der Waals surface area contributed by atoms with Crippen LogP contribution >= 0.6 is 11.3 Å². The Balaban J connectivity index is 0.963. The lowest BCUT2D eigenvalue weighted by molar-refractivity contribution is 0.669. The van der Waals surface area contributed by atoms with Crippen molar-refractivity contribution < 1.29 is 4.42 Å². The molecule has 6 nitrogen and oxygen atoms in total. The summed E-state index contributed by atoms with van der Waals surface area (Å²) in [5, 5.41) is 3.09. The van der Waals surface area contributed by atoms with E-state index in [4.69, 9.17) is 29.3 Å². The molecule has 62 heavy (non-hydrogen) atoms. The molecule has 4 aromatic heterocycles. The Labute approximate surface area is 360 Å². The van der Waals surface area contributed by atoms with Crippen molar-refractivity contribution >= 4 is 53.6 Å². The summed E-state index contributed by atoms with van der Waals surface area (Å²) in [6.45, 7) is 0. The minimum absolute atomic E-state index is 0.587. The molecule has 8 aromatic carbocycles. The van der Waals surface area contributed by atoms with Crippen LogP contribution in [0.4, 0.5) is 0 Å². The highest BCUT2D eigenvalue weighted by Crippen LogP contribution is 2.42. The van der Waals surface area contributed by atoms with Gasteiger partial charge in [0.25, 0.3) is 0 Å². The normalized spacial score (nSPS) is 11.5. The number of nitrogens with zero attached hydrogens (tertiary/aromatic N) is 5. The average molecular weight is 812 g/mol. The van der Waals surface area contributed by atoms with Crippen LogP contribution in [-0.2, 0) is 0 Å². The minimum Gasteiger partial charge on any atom is -0.456 e. The summed E-state index contributed by atoms with van der Waals surface area (Å²) in [6.07, 6.45) is 0. The maximum atomic E-state index is 6.47. The second-order valence-electron chi connectivity index (χ2n) is 15.2. The molecule has 0 bridgehead atoms. The molecule has 0 radical (unpaired) electrons. The fraction of sp³-hybridized carbons (Fsp3) is 0. The molecule has 290 valence electrons. The Kier molecular flexibility index (Phi) is 8.57. The van der Waals surface area contributed by atoms with Gasteiger partial charge in [-0.25, -0.2) is 24.9 Å². The first-order chi connectivity index (χ1) is 30.7. The fourth-order valence-corrected chi connectivity index (χ4v) is 9.48. The number of hydrogen-bond donors (Lipinski definition) is 0. The third kappa shape index (κ3) is 6.31. The van der Waals surface area contributed by atoms with E-state index in [1.54, 1.807) is 11.3 Å². The number of thiophene rings is 1. The minimum atomic E-state index is 0.587. The van der Waals surface area contributed by atoms with Gasteiger partial charge in [-0.15, -0.1) is 11.3 Å². The van der Waals surface area contributed by atoms with E-state index in [-0.39, 0.29) is 0 Å². The van der Waals surface area contributed by atoms with Gasteiger partial charge in [0, 0.05) is 48.7 Å². The molecule has 4 heterocycles. The molecular formula is C55H33N5OS. The largest absolute Gasteiger partial charge is 0.456 e. The maximum absolute atomic E-state index is 6.47. The van der Waals surface area contributed by atoms with E-state index in [1.807, 2.05) is 78.9 Å². The molecule has 0 atom stereocenters. The lowest BCUT2D eigenvalue weighted by Crippen LogP contribution is -2.00. The van der Waals surface area contributed by atoms with E-state index in [0.717, 1.165) is 93.3 Å². The van der Waals surface area contributed by atoms with Crippen LogP contribution in [0.5, 0.6) is 0 Å². The molecule has 12 aromatic rings. The average Bonchev–Trinajstić information content (AvgIpc) is 3.93. The first-order valence-corrected chi connectivity index (χ1v) is 21.3. The maximum Gasteiger partial charge on any atom is 0.164 e. The number of benzene rings is 8. The number of furan rings is 1. The first kappa shape index (κ1) is 35.8. The van der Waals surface area contributed by atoms with Crippen molar-refractivity contribution in [3.63, 3.8) is 0 Å². The molecular weight excluding hydrogens is 779 g/mol. The predicted octanol–water partition coefficient (Wildman–Crippen LogP) is 14.6. The van der Waals surface area contributed by atoms with Crippen LogP contribution in [0.3, 0.4) is 0 Å². The van der Waals surface area contributed by atoms with E-state index in [0.29, 0.717) is 23.3 Å². The van der Waals surface area contributed by atoms with Crippen LogP contribution in [0.2, 0.25) is 0 Å². The highest BCUT2D eigenvalue weighted by Gasteiger charge is 2.20. The zero-order valence-corrected chi connectivity index (χ0v) is 33.9. The molecule has 0 aliphatic heterocycles. The number of hydrogen-bond acceptors (Lipinski definition) is 7. The summed E-state index contributed by atoms with van der Waals surface area (Å²) in [6, 6.07) is 68.7. The molecule has 0 amide bonds. The molecule has 0 unspecified atom stereocenters. The fourth-order valence-electron chi connectivity index (χ4n) is 8.33. The molecule has 7 heteroatoms. The standard InChI is InChI=1S/C55H33N5OS/c1-4-14-34(15-5-1)39-20-12-21-41(32-39)54-56-49(51-50(57-54)42-22-10-11-25-47(42)62-51)36-28-26-35(27-29-36)40-30-31-45-44(33-40)48-43(23-13-24-46(48)61-45)55-59-52(37-16-6-2-7-17-37)58-53(60-55)38-18-8-3-9-19-38/h1-33H. The Morgan fingerprint density at radius 2 is 0.887 bits per heavy atom. The summed E-state index contributed by atoms with van der Waals surface area (Å²) >= 11 is 1.74. The first-order valence-electron chi connectivity index (χ1n) is 20.5. The van der Waals surface area contributed by atoms with Gasteiger partial charge in [0.2, 0.25) is 0 Å². The molecule has 0 saturated carbocycles. The van der Waals surface area contributed by atoms with Crippen molar-refractivity contribution in [3.05, 3.63) is 200 Å². The highest BCUT2D eigenvalue weighted by molar-refractivity contribution is 7.26. The van der Waals surface area contributed by atoms with Crippen LogP contribution in [0.1, 0.15) is 0 Å². The second kappa shape index (κ2) is 14.9. The van der Waals surface area contributed by atoms with Gasteiger partial charge in [-0.1, -0.05) is 170 Å². The number of aromatic nitrogens is 5. The highest BCUT2D eigenvalue weighted by atomic mass is 32.1. The van der Waals surface area contributed by atoms with E-state index in [2.05, 4.69) is 121 Å². The Hall–Kier alpha value is -8.13. The smallest absolute Gasteiger partial charge is 0.164 e. The molecule has 0 spiro atoms. The topological polar surface area (TPSA) is 77.6 Å². The number of rotatable bonds is 7. The molecule has 0 aliphatic carbocycles. The lowest BCUT2D eigenvalue weighted by atomic mass is 9.99. The van der Waals surface area contributed by atoms with E-state index in [9.17, 15) is 0 Å². The van der Waals surface area contributed by atoms with Gasteiger partial charge >= 0.3 is 0 Å². The van der Waals surface area contributed by atoms with Crippen LogP contribution in [-0.4, -0.2) is 24.9 Å². The van der Waals surface area contributed by atoms with Gasteiger partial charge in [-0.2, -0.15) is 0 Å². The Bertz CT molecular complexity index is 3560. The van der Waals surface area contributed by atoms with Crippen LogP contribution in [0.15, 0.2) is 205 Å². The molecule has 0 aliphatic rings. The molecule has 12 rings (SSSR count). The van der Waals surface area contributed by atoms with Gasteiger partial charge in [0.1, 0.15) is 11.2 Å². The van der Waals surface area contributed by atoms with Crippen molar-refractivity contribution in [2.24, 2.45) is 0 Å². The zero-order valence-electron chi connectivity index (χ0n) is 33.1. The molecule has 0 saturated heterocycles. The van der Waals surface area contributed by atoms with Crippen molar-refractivity contribution in [2.45, 2.75) is 0 Å². The van der Waals surface area contributed by atoms with Gasteiger partial charge in [0.15, 0.2) is 23.3 Å². The van der Waals surface area contributed by atoms with Crippen LogP contribution < -0.4 is 0 Å². The number of fused-ring (bicyclic) bond motifs is 6. The summed E-state index contributed by atoms with van der Waals surface area (Å²) < 4.78 is 8.74. The van der Waals surface area contributed by atoms with Crippen molar-refractivity contribution in [2.75, 3.05) is 0 Å². The van der Waals surface area contributed by atoms with Crippen LogP contribution in [0.25, 0.3) is 121 Å². The molecule has 0 fully saturated rings. The second-order valence-corrected chi connectivity index (χ2v) is 16.3. The van der Waals surface area contributed by atoms with Crippen molar-refractivity contribution in [3.8, 4) is 79.1 Å². The summed E-state index contributed by atoms with van der Waals surface area (Å²) in [4.78, 5) is 25.6. The third-order valence-electron chi connectivity index (χ3n) is 11.4. The predicted molar refractivity (Wildman–Crippen MR) is 254 cm³/mol. The monoisotopic (exact) mass is 811 g/mol. The van der Waals surface area contributed by atoms with Crippen LogP contribution in [0, 0.1) is 0 Å². The quantitative estimate of drug-likeness (QED) is 0.160. The van der Waals surface area contributed by atoms with Gasteiger partial charge < -0.3 is 4.42 Å². The van der Waals surface area contributed by atoms with Gasteiger partial charge in [-0.05, 0) is 52.6 Å². The van der Waals surface area contributed by atoms with Gasteiger partial charge in [0.05, 0.1) is 15.9 Å². The Morgan fingerprint density at radius 1 is 0.339 bits per heavy atom. The Morgan fingerprint density at radius 3 is 1.63 bits per heavy atom. The zero-order chi connectivity index (χ0) is 41.0. The van der Waals surface area contributed by atoms with E-state index >= 15 is 0 Å². The van der Waals surface area contributed by atoms with E-state index < -0.39 is 0 Å². The summed E-state index contributed by atoms with van der Waals surface area (Å²) in [5.41, 5.74) is 12.6. The van der Waals surface area contributed by atoms with E-state index in [1.165, 1.54) is 4.70 Å². The third-order valence-corrected chi connectivity index (χ3v) is 12.5. The summed E-state index contributed by atoms with van der Waals surface area (Å²) in [7, 11) is 0.